The Morgan fingerprint density at radius 1 is 1.17 bits per heavy atom. The Hall–Kier alpha value is -1.25. The molecule has 3 heteroatoms. The van der Waals surface area contributed by atoms with Crippen LogP contribution in [0.1, 0.15) is 52.4 Å². The van der Waals surface area contributed by atoms with E-state index >= 15 is 0 Å². The Morgan fingerprint density at radius 2 is 1.91 bits per heavy atom. The van der Waals surface area contributed by atoms with Crippen molar-refractivity contribution in [1.29, 1.82) is 0 Å². The summed E-state index contributed by atoms with van der Waals surface area (Å²) >= 11 is 0. The quantitative estimate of drug-likeness (QED) is 0.671. The number of carbonyl (C=O) groups excluding carboxylic acids is 2. The third-order valence-corrected chi connectivity index (χ3v) is 7.63. The molecule has 0 unspecified atom stereocenters. The highest BCUT2D eigenvalue weighted by molar-refractivity contribution is 5.93. The molecule has 3 fully saturated rings. The summed E-state index contributed by atoms with van der Waals surface area (Å²) in [5, 5.41) is 0. The van der Waals surface area contributed by atoms with E-state index in [9.17, 15) is 14.0 Å². The van der Waals surface area contributed by atoms with E-state index in [1.54, 1.807) is 0 Å². The summed E-state index contributed by atoms with van der Waals surface area (Å²) < 4.78 is 14.2. The Bertz CT molecular complexity index is 648. The number of alkyl halides is 1. The van der Waals surface area contributed by atoms with Gasteiger partial charge in [0, 0.05) is 11.8 Å². The van der Waals surface area contributed by atoms with Crippen molar-refractivity contribution in [2.45, 2.75) is 58.5 Å². The van der Waals surface area contributed by atoms with E-state index in [1.807, 2.05) is 13.0 Å². The van der Waals surface area contributed by atoms with Crippen LogP contribution in [0.5, 0.6) is 0 Å². The maximum atomic E-state index is 14.2. The molecule has 0 aliphatic heterocycles. The number of allylic oxidation sites excluding steroid dienone is 2. The molecule has 0 aromatic heterocycles. The van der Waals surface area contributed by atoms with Gasteiger partial charge in [-0.1, -0.05) is 26.0 Å². The van der Waals surface area contributed by atoms with Crippen LogP contribution >= 0.6 is 0 Å². The monoisotopic (exact) mass is 316 g/mol. The molecule has 0 heterocycles. The molecule has 0 aromatic rings. The number of ketones is 2. The van der Waals surface area contributed by atoms with E-state index in [-0.39, 0.29) is 22.9 Å². The number of fused-ring (bicyclic) bond motifs is 5. The summed E-state index contributed by atoms with van der Waals surface area (Å²) in [5.74, 6) is 0.954. The summed E-state index contributed by atoms with van der Waals surface area (Å²) in [6.45, 7) is 8.49. The third-order valence-electron chi connectivity index (χ3n) is 7.63. The lowest BCUT2D eigenvalue weighted by Gasteiger charge is -2.57. The van der Waals surface area contributed by atoms with Crippen molar-refractivity contribution < 1.29 is 14.0 Å². The maximum absolute atomic E-state index is 14.2. The lowest BCUT2D eigenvalue weighted by atomic mass is 9.47. The minimum atomic E-state index is -1.28. The van der Waals surface area contributed by atoms with Crippen LogP contribution in [-0.4, -0.2) is 17.7 Å². The number of carbonyl (C=O) groups is 2. The molecule has 0 radical (unpaired) electrons. The summed E-state index contributed by atoms with van der Waals surface area (Å²) in [6.07, 6.45) is 4.96. The van der Waals surface area contributed by atoms with Crippen LogP contribution in [0.25, 0.3) is 0 Å². The SMILES string of the molecule is C=C1C[C@@H]2[C@H](CC[C@]3(C)C(=O)[C@H](F)C[C@@H]23)[C@@]2(C)CCC(=O)C=C12. The fourth-order valence-electron chi connectivity index (χ4n) is 6.31. The molecule has 0 N–H and O–H groups in total. The molecule has 0 bridgehead atoms. The van der Waals surface area contributed by atoms with Gasteiger partial charge in [-0.3, -0.25) is 9.59 Å². The maximum Gasteiger partial charge on any atom is 0.173 e. The first kappa shape index (κ1) is 15.3. The average molecular weight is 316 g/mol. The molecule has 0 aromatic carbocycles. The molecule has 124 valence electrons. The predicted molar refractivity (Wildman–Crippen MR) is 86.5 cm³/mol. The Kier molecular flexibility index (Phi) is 3.09. The first-order chi connectivity index (χ1) is 10.8. The molecule has 3 saturated carbocycles. The first-order valence-corrected chi connectivity index (χ1v) is 8.89. The number of Topliss-reactive ketones (excluding diaryl/α,β-unsaturated/α-hetero) is 1. The predicted octanol–water partition coefficient (Wildman–Crippen LogP) is 4.20. The van der Waals surface area contributed by atoms with Gasteiger partial charge >= 0.3 is 0 Å². The molecule has 4 aliphatic carbocycles. The van der Waals surface area contributed by atoms with Crippen molar-refractivity contribution in [3.05, 3.63) is 23.8 Å². The van der Waals surface area contributed by atoms with Crippen molar-refractivity contribution in [1.82, 2.24) is 0 Å². The fraction of sp³-hybridized carbons (Fsp3) is 0.700. The third kappa shape index (κ3) is 1.85. The van der Waals surface area contributed by atoms with Gasteiger partial charge in [0.15, 0.2) is 17.7 Å². The largest absolute Gasteiger partial charge is 0.296 e. The highest BCUT2D eigenvalue weighted by Crippen LogP contribution is 2.65. The van der Waals surface area contributed by atoms with Gasteiger partial charge in [-0.05, 0) is 66.9 Å². The van der Waals surface area contributed by atoms with E-state index < -0.39 is 11.6 Å². The molecule has 4 rings (SSSR count). The van der Waals surface area contributed by atoms with Gasteiger partial charge in [-0.15, -0.1) is 0 Å². The molecule has 2 nitrogen and oxygen atoms in total. The topological polar surface area (TPSA) is 34.1 Å². The molecule has 6 atom stereocenters. The van der Waals surface area contributed by atoms with Gasteiger partial charge in [-0.25, -0.2) is 4.39 Å². The number of halogens is 1. The molecule has 0 amide bonds. The van der Waals surface area contributed by atoms with Crippen molar-refractivity contribution in [2.24, 2.45) is 28.6 Å². The smallest absolute Gasteiger partial charge is 0.173 e. The van der Waals surface area contributed by atoms with Gasteiger partial charge in [0.1, 0.15) is 0 Å². The highest BCUT2D eigenvalue weighted by Gasteiger charge is 2.62. The van der Waals surface area contributed by atoms with Crippen LogP contribution in [0, 0.1) is 28.6 Å². The van der Waals surface area contributed by atoms with Gasteiger partial charge < -0.3 is 0 Å². The first-order valence-electron chi connectivity index (χ1n) is 8.89. The Labute approximate surface area is 137 Å². The summed E-state index contributed by atoms with van der Waals surface area (Å²) in [4.78, 5) is 24.2. The van der Waals surface area contributed by atoms with Crippen LogP contribution in [0.2, 0.25) is 0 Å². The van der Waals surface area contributed by atoms with Crippen LogP contribution < -0.4 is 0 Å². The van der Waals surface area contributed by atoms with Crippen molar-refractivity contribution >= 4 is 11.6 Å². The Morgan fingerprint density at radius 3 is 2.65 bits per heavy atom. The highest BCUT2D eigenvalue weighted by atomic mass is 19.1. The summed E-state index contributed by atoms with van der Waals surface area (Å²) in [6, 6.07) is 0. The van der Waals surface area contributed by atoms with Crippen LogP contribution in [0.4, 0.5) is 4.39 Å². The Balaban J connectivity index is 1.76. The molecule has 0 saturated heterocycles. The van der Waals surface area contributed by atoms with Gasteiger partial charge in [0.25, 0.3) is 0 Å². The molecular formula is C20H25FO2. The standard InChI is InChI=1S/C20H25FO2/c1-11-8-13-14(19(2)6-4-12(22)9-15(11)19)5-7-20(3)16(13)10-17(21)18(20)23/h9,13-14,16-17H,1,4-8,10H2,2-3H3/t13-,14+,16+,17-,19-,20+/m1/s1. The zero-order valence-corrected chi connectivity index (χ0v) is 14.0. The molecule has 0 spiro atoms. The van der Waals surface area contributed by atoms with Gasteiger partial charge in [0.2, 0.25) is 0 Å². The van der Waals surface area contributed by atoms with Crippen LogP contribution in [-0.2, 0) is 9.59 Å². The zero-order valence-electron chi connectivity index (χ0n) is 14.0. The van der Waals surface area contributed by atoms with E-state index in [1.165, 1.54) is 0 Å². The van der Waals surface area contributed by atoms with Crippen molar-refractivity contribution in [3.63, 3.8) is 0 Å². The lowest BCUT2D eigenvalue weighted by molar-refractivity contribution is -0.134. The van der Waals surface area contributed by atoms with Crippen molar-refractivity contribution in [3.8, 4) is 0 Å². The number of hydrogen-bond acceptors (Lipinski definition) is 2. The minimum absolute atomic E-state index is 0.0211. The summed E-state index contributed by atoms with van der Waals surface area (Å²) in [5.41, 5.74) is 1.68. The van der Waals surface area contributed by atoms with Crippen LogP contribution in [0.15, 0.2) is 23.8 Å². The number of rotatable bonds is 0. The fourth-order valence-corrected chi connectivity index (χ4v) is 6.31. The average Bonchev–Trinajstić information content (AvgIpc) is 2.73. The van der Waals surface area contributed by atoms with E-state index in [0.29, 0.717) is 24.7 Å². The second-order valence-electron chi connectivity index (χ2n) is 8.65. The molecular weight excluding hydrogens is 291 g/mol. The van der Waals surface area contributed by atoms with Crippen LogP contribution in [0.3, 0.4) is 0 Å². The van der Waals surface area contributed by atoms with E-state index in [2.05, 4.69) is 13.5 Å². The molecule has 4 aliphatic rings. The normalized spacial score (nSPS) is 49.3. The lowest BCUT2D eigenvalue weighted by Crippen LogP contribution is -2.51. The van der Waals surface area contributed by atoms with Gasteiger partial charge in [-0.2, -0.15) is 0 Å². The second-order valence-corrected chi connectivity index (χ2v) is 8.65. The second kappa shape index (κ2) is 4.64. The van der Waals surface area contributed by atoms with E-state index in [0.717, 1.165) is 36.8 Å². The number of hydrogen-bond donors (Lipinski definition) is 0. The van der Waals surface area contributed by atoms with Gasteiger partial charge in [0.05, 0.1) is 0 Å². The molecule has 23 heavy (non-hydrogen) atoms. The zero-order chi connectivity index (χ0) is 16.6. The van der Waals surface area contributed by atoms with E-state index in [4.69, 9.17) is 0 Å². The van der Waals surface area contributed by atoms with Crippen molar-refractivity contribution in [2.75, 3.05) is 0 Å². The minimum Gasteiger partial charge on any atom is -0.296 e. The summed E-state index contributed by atoms with van der Waals surface area (Å²) in [7, 11) is 0.